The van der Waals surface area contributed by atoms with Crippen molar-refractivity contribution in [3.63, 3.8) is 0 Å². The van der Waals surface area contributed by atoms with Gasteiger partial charge in [0.25, 0.3) is 0 Å². The summed E-state index contributed by atoms with van der Waals surface area (Å²) in [4.78, 5) is 38.6. The Labute approximate surface area is 198 Å². The van der Waals surface area contributed by atoms with Crippen molar-refractivity contribution in [1.29, 1.82) is 0 Å². The third-order valence-corrected chi connectivity index (χ3v) is 6.47. The second-order valence-electron chi connectivity index (χ2n) is 8.22. The summed E-state index contributed by atoms with van der Waals surface area (Å²) in [5.74, 6) is 0.479. The number of hydrogen-bond donors (Lipinski definition) is 0. The molecule has 0 saturated carbocycles. The molecule has 4 rings (SSSR count). The zero-order valence-electron chi connectivity index (χ0n) is 19.2. The molecule has 1 unspecified atom stereocenters. The molecular formula is C25H28ClN5O2. The number of carbonyl (C=O) groups is 1. The van der Waals surface area contributed by atoms with Crippen LogP contribution in [0.1, 0.15) is 31.9 Å². The van der Waals surface area contributed by atoms with Crippen LogP contribution in [0.15, 0.2) is 47.8 Å². The Morgan fingerprint density at radius 2 is 1.85 bits per heavy atom. The smallest absolute Gasteiger partial charge is 0.350 e. The summed E-state index contributed by atoms with van der Waals surface area (Å²) in [6, 6.07) is 9.64. The molecule has 0 N–H and O–H groups in total. The van der Waals surface area contributed by atoms with Crippen LogP contribution in [0.3, 0.4) is 0 Å². The van der Waals surface area contributed by atoms with Crippen molar-refractivity contribution in [2.75, 3.05) is 24.5 Å². The van der Waals surface area contributed by atoms with Gasteiger partial charge in [-0.2, -0.15) is 4.98 Å². The van der Waals surface area contributed by atoms with Crippen LogP contribution in [-0.4, -0.2) is 51.0 Å². The first-order valence-electron chi connectivity index (χ1n) is 11.3. The lowest BCUT2D eigenvalue weighted by atomic mass is 10.0. The summed E-state index contributed by atoms with van der Waals surface area (Å²) in [6.07, 6.45) is 2.88. The van der Waals surface area contributed by atoms with Gasteiger partial charge in [0.15, 0.2) is 5.65 Å². The molecule has 1 aliphatic rings. The average molecular weight is 466 g/mol. The highest BCUT2D eigenvalue weighted by Gasteiger charge is 2.29. The Hall–Kier alpha value is -3.19. The third kappa shape index (κ3) is 4.13. The number of nitrogens with zero attached hydrogens (tertiary/aromatic N) is 5. The molecule has 3 heterocycles. The molecule has 1 aliphatic heterocycles. The molecule has 172 valence electrons. The number of amides is 1. The van der Waals surface area contributed by atoms with Crippen molar-refractivity contribution in [2.45, 2.75) is 39.7 Å². The number of anilines is 1. The van der Waals surface area contributed by atoms with Gasteiger partial charge in [-0.3, -0.25) is 4.79 Å². The molecule has 3 aromatic rings. The number of aromatic nitrogens is 3. The van der Waals surface area contributed by atoms with Crippen LogP contribution in [0.4, 0.5) is 5.82 Å². The number of carbonyl (C=O) groups excluding carboxylic acids is 1. The third-order valence-electron chi connectivity index (χ3n) is 6.26. The number of fused-ring (bicyclic) bond motifs is 1. The minimum atomic E-state index is -0.389. The number of rotatable bonds is 5. The first-order chi connectivity index (χ1) is 15.9. The zero-order valence-corrected chi connectivity index (χ0v) is 20.0. The van der Waals surface area contributed by atoms with Crippen LogP contribution in [0.5, 0.6) is 0 Å². The summed E-state index contributed by atoms with van der Waals surface area (Å²) >= 11 is 6.30. The molecule has 7 nitrogen and oxygen atoms in total. The van der Waals surface area contributed by atoms with Gasteiger partial charge in [-0.05, 0) is 49.1 Å². The fourth-order valence-electron chi connectivity index (χ4n) is 4.59. The second-order valence-corrected chi connectivity index (χ2v) is 8.61. The average Bonchev–Trinajstić information content (AvgIpc) is 2.82. The molecule has 0 spiro atoms. The van der Waals surface area contributed by atoms with E-state index in [0.29, 0.717) is 36.3 Å². The summed E-state index contributed by atoms with van der Waals surface area (Å²) in [7, 11) is 0. The Morgan fingerprint density at radius 1 is 1.15 bits per heavy atom. The van der Waals surface area contributed by atoms with Crippen LogP contribution in [0.2, 0.25) is 5.15 Å². The number of halogens is 1. The van der Waals surface area contributed by atoms with Gasteiger partial charge in [-0.1, -0.05) is 50.2 Å². The fraction of sp³-hybridized carbons (Fsp3) is 0.360. The van der Waals surface area contributed by atoms with Crippen LogP contribution >= 0.6 is 11.6 Å². The number of aryl methyl sites for hydroxylation is 2. The summed E-state index contributed by atoms with van der Waals surface area (Å²) < 4.78 is 1.60. The molecule has 1 fully saturated rings. The predicted molar refractivity (Wildman–Crippen MR) is 132 cm³/mol. The number of pyridine rings is 1. The lowest BCUT2D eigenvalue weighted by Gasteiger charge is -2.40. The van der Waals surface area contributed by atoms with Crippen LogP contribution in [0, 0.1) is 0 Å². The van der Waals surface area contributed by atoms with E-state index in [0.717, 1.165) is 35.0 Å². The quantitative estimate of drug-likeness (QED) is 0.423. The van der Waals surface area contributed by atoms with Gasteiger partial charge >= 0.3 is 5.69 Å². The summed E-state index contributed by atoms with van der Waals surface area (Å²) in [5.41, 5.74) is 3.04. The maximum absolute atomic E-state index is 13.5. The number of hydrogen-bond acceptors (Lipinski definition) is 5. The van der Waals surface area contributed by atoms with Crippen LogP contribution in [-0.2, 0) is 17.6 Å². The molecule has 33 heavy (non-hydrogen) atoms. The minimum Gasteiger partial charge on any atom is -0.350 e. The molecule has 2 aromatic heterocycles. The van der Waals surface area contributed by atoms with E-state index >= 15 is 0 Å². The van der Waals surface area contributed by atoms with Gasteiger partial charge in [0.05, 0.1) is 11.1 Å². The molecule has 0 radical (unpaired) electrons. The molecular weight excluding hydrogens is 438 g/mol. The lowest BCUT2D eigenvalue weighted by molar-refractivity contribution is -0.126. The largest absolute Gasteiger partial charge is 0.355 e. The Balaban J connectivity index is 1.92. The fourth-order valence-corrected chi connectivity index (χ4v) is 4.73. The highest BCUT2D eigenvalue weighted by atomic mass is 35.5. The van der Waals surface area contributed by atoms with Crippen molar-refractivity contribution in [2.24, 2.45) is 0 Å². The van der Waals surface area contributed by atoms with Crippen molar-refractivity contribution < 1.29 is 4.79 Å². The number of benzene rings is 1. The molecule has 1 aromatic carbocycles. The highest BCUT2D eigenvalue weighted by Crippen LogP contribution is 2.30. The van der Waals surface area contributed by atoms with Crippen LogP contribution < -0.4 is 10.6 Å². The first-order valence-corrected chi connectivity index (χ1v) is 11.7. The summed E-state index contributed by atoms with van der Waals surface area (Å²) in [5, 5.41) is 1.07. The Bertz CT molecular complexity index is 1260. The van der Waals surface area contributed by atoms with Gasteiger partial charge < -0.3 is 9.80 Å². The summed E-state index contributed by atoms with van der Waals surface area (Å²) in [6.45, 7) is 11.4. The maximum Gasteiger partial charge on any atom is 0.355 e. The maximum atomic E-state index is 13.5. The van der Waals surface area contributed by atoms with E-state index in [-0.39, 0.29) is 17.6 Å². The molecule has 8 heteroatoms. The van der Waals surface area contributed by atoms with Crippen molar-refractivity contribution in [3.05, 3.63) is 69.8 Å². The van der Waals surface area contributed by atoms with Crippen LogP contribution in [0.25, 0.3) is 16.7 Å². The van der Waals surface area contributed by atoms with Crippen molar-refractivity contribution in [1.82, 2.24) is 19.4 Å². The van der Waals surface area contributed by atoms with Gasteiger partial charge in [0, 0.05) is 25.7 Å². The molecule has 0 aliphatic carbocycles. The number of para-hydroxylation sites is 1. The molecule has 1 atom stereocenters. The van der Waals surface area contributed by atoms with Gasteiger partial charge in [-0.25, -0.2) is 14.3 Å². The Kier molecular flexibility index (Phi) is 6.51. The van der Waals surface area contributed by atoms with E-state index in [1.54, 1.807) is 15.5 Å². The zero-order chi connectivity index (χ0) is 23.7. The molecule has 1 saturated heterocycles. The van der Waals surface area contributed by atoms with E-state index in [1.807, 2.05) is 31.2 Å². The number of piperazine rings is 1. The normalized spacial score (nSPS) is 16.3. The SMILES string of the molecule is C=CC(=O)N1CCN(c2nc(=O)n(-c3c(CC)cccc3CC)c3nc(Cl)ccc23)C(C)C1. The monoisotopic (exact) mass is 465 g/mol. The van der Waals surface area contributed by atoms with E-state index < -0.39 is 0 Å². The van der Waals surface area contributed by atoms with Gasteiger partial charge in [-0.15, -0.1) is 0 Å². The first kappa shape index (κ1) is 23.0. The Morgan fingerprint density at radius 3 is 2.45 bits per heavy atom. The standard InChI is InChI=1S/C25H28ClN5O2/c1-5-17-9-8-10-18(6-2)22(17)31-24-19(11-12-20(26)27-24)23(28-25(31)33)30-14-13-29(15-16(30)4)21(32)7-3/h7-12,16H,3,5-6,13-15H2,1-2,4H3. The van der Waals surface area contributed by atoms with E-state index in [9.17, 15) is 9.59 Å². The lowest BCUT2D eigenvalue weighted by Crippen LogP contribution is -2.54. The molecule has 0 bridgehead atoms. The second kappa shape index (κ2) is 9.35. The van der Waals surface area contributed by atoms with E-state index in [1.165, 1.54) is 6.08 Å². The van der Waals surface area contributed by atoms with Crippen molar-refractivity contribution >= 4 is 34.4 Å². The molecule has 1 amide bonds. The topological polar surface area (TPSA) is 71.3 Å². The highest BCUT2D eigenvalue weighted by molar-refractivity contribution is 6.29. The van der Waals surface area contributed by atoms with Gasteiger partial charge in [0.1, 0.15) is 11.0 Å². The van der Waals surface area contributed by atoms with E-state index in [4.69, 9.17) is 11.6 Å². The van der Waals surface area contributed by atoms with Crippen molar-refractivity contribution in [3.8, 4) is 5.69 Å². The van der Waals surface area contributed by atoms with Gasteiger partial charge in [0.2, 0.25) is 5.91 Å². The van der Waals surface area contributed by atoms with E-state index in [2.05, 4.69) is 35.3 Å². The predicted octanol–water partition coefficient (Wildman–Crippen LogP) is 3.78. The minimum absolute atomic E-state index is 0.0293.